The maximum absolute atomic E-state index is 13.8. The molecule has 0 spiro atoms. The third-order valence-corrected chi connectivity index (χ3v) is 10.9. The number of likely N-dealkylation sites (N-methyl/N-ethyl adjacent to an activating group) is 1. The molecule has 0 radical (unpaired) electrons. The molecule has 2 heterocycles. The molecule has 1 aliphatic heterocycles. The fraction of sp³-hybridized carbons (Fsp3) is 0.316. The standard InChI is InChI=1S/C38H42FN5O3S/c1-41(37(45)31-11-4-2-5-12-31)29-32(30-17-19-33(39)20-18-30)21-24-42-22-10-23-43(26-25-42)38-40-35-15-8-9-16-36(35)44(38)27-28-48(46,47)34-13-6-3-7-14-34/h2-9,11-20,32H,10,21-29H2,1H3. The second-order valence-corrected chi connectivity index (χ2v) is 14.6. The van der Waals surface area contributed by atoms with Gasteiger partial charge < -0.3 is 19.3 Å². The predicted octanol–water partition coefficient (Wildman–Crippen LogP) is 6.11. The number of halogens is 1. The minimum absolute atomic E-state index is 0.0175. The van der Waals surface area contributed by atoms with E-state index in [1.807, 2.05) is 79.8 Å². The summed E-state index contributed by atoms with van der Waals surface area (Å²) in [5, 5.41) is 0. The lowest BCUT2D eigenvalue weighted by molar-refractivity contribution is 0.0782. The Morgan fingerprint density at radius 2 is 1.52 bits per heavy atom. The van der Waals surface area contributed by atoms with E-state index >= 15 is 0 Å². The third kappa shape index (κ3) is 7.94. The lowest BCUT2D eigenvalue weighted by Crippen LogP contribution is -2.35. The summed E-state index contributed by atoms with van der Waals surface area (Å²) in [7, 11) is -1.63. The maximum atomic E-state index is 13.8. The van der Waals surface area contributed by atoms with E-state index in [0.29, 0.717) is 23.5 Å². The van der Waals surface area contributed by atoms with E-state index in [1.165, 1.54) is 12.1 Å². The number of fused-ring (bicyclic) bond motifs is 1. The highest BCUT2D eigenvalue weighted by Gasteiger charge is 2.24. The predicted molar refractivity (Wildman–Crippen MR) is 189 cm³/mol. The van der Waals surface area contributed by atoms with Crippen LogP contribution in [0.25, 0.3) is 11.0 Å². The number of sulfone groups is 1. The zero-order chi connectivity index (χ0) is 33.5. The minimum Gasteiger partial charge on any atom is -0.341 e. The van der Waals surface area contributed by atoms with Crippen LogP contribution in [0.4, 0.5) is 10.3 Å². The molecule has 1 amide bonds. The Hall–Kier alpha value is -4.54. The fourth-order valence-corrected chi connectivity index (χ4v) is 7.76. The van der Waals surface area contributed by atoms with Crippen LogP contribution < -0.4 is 4.90 Å². The second-order valence-electron chi connectivity index (χ2n) is 12.5. The van der Waals surface area contributed by atoms with Gasteiger partial charge in [-0.25, -0.2) is 17.8 Å². The van der Waals surface area contributed by atoms with Gasteiger partial charge in [0.2, 0.25) is 5.95 Å². The van der Waals surface area contributed by atoms with E-state index in [-0.39, 0.29) is 23.4 Å². The Labute approximate surface area is 282 Å². The molecule has 0 bridgehead atoms. The zero-order valence-electron chi connectivity index (χ0n) is 27.3. The van der Waals surface area contributed by atoms with Crippen LogP contribution in [0, 0.1) is 5.82 Å². The summed E-state index contributed by atoms with van der Waals surface area (Å²) in [6, 6.07) is 32.4. The Balaban J connectivity index is 1.14. The van der Waals surface area contributed by atoms with Crippen molar-refractivity contribution < 1.29 is 17.6 Å². The number of carbonyl (C=O) groups is 1. The summed E-state index contributed by atoms with van der Waals surface area (Å²) < 4.78 is 42.2. The number of imidazole rings is 1. The maximum Gasteiger partial charge on any atom is 0.253 e. The summed E-state index contributed by atoms with van der Waals surface area (Å²) in [5.74, 6) is 0.510. The van der Waals surface area contributed by atoms with Crippen LogP contribution in [0.15, 0.2) is 114 Å². The van der Waals surface area contributed by atoms with Crippen LogP contribution in [0.3, 0.4) is 0 Å². The molecule has 1 aromatic heterocycles. The SMILES string of the molecule is CN(CC(CCN1CCCN(c2nc3ccccc3n2CCS(=O)(=O)c2ccccc2)CC1)c1ccc(F)cc1)C(=O)c1ccccc1. The van der Waals surface area contributed by atoms with Crippen LogP contribution in [0.2, 0.25) is 0 Å². The van der Waals surface area contributed by atoms with Crippen molar-refractivity contribution in [2.24, 2.45) is 0 Å². The minimum atomic E-state index is -3.46. The largest absolute Gasteiger partial charge is 0.341 e. The van der Waals surface area contributed by atoms with Gasteiger partial charge in [0, 0.05) is 51.3 Å². The van der Waals surface area contributed by atoms with E-state index in [9.17, 15) is 17.6 Å². The number of benzene rings is 4. The van der Waals surface area contributed by atoms with Crippen molar-refractivity contribution in [1.29, 1.82) is 0 Å². The van der Waals surface area contributed by atoms with Crippen LogP contribution in [-0.4, -0.2) is 85.7 Å². The Bertz CT molecular complexity index is 1920. The average Bonchev–Trinajstić information content (AvgIpc) is 3.32. The highest BCUT2D eigenvalue weighted by Crippen LogP contribution is 2.26. The Morgan fingerprint density at radius 1 is 0.833 bits per heavy atom. The Kier molecular flexibility index (Phi) is 10.5. The lowest BCUT2D eigenvalue weighted by Gasteiger charge is -2.28. The van der Waals surface area contributed by atoms with E-state index in [2.05, 4.69) is 14.4 Å². The summed E-state index contributed by atoms with van der Waals surface area (Å²) in [5.41, 5.74) is 3.43. The fourth-order valence-electron chi connectivity index (χ4n) is 6.53. The first-order valence-corrected chi connectivity index (χ1v) is 18.2. The quantitative estimate of drug-likeness (QED) is 0.160. The van der Waals surface area contributed by atoms with Gasteiger partial charge in [-0.1, -0.05) is 60.7 Å². The number of anilines is 1. The summed E-state index contributed by atoms with van der Waals surface area (Å²) >= 11 is 0. The van der Waals surface area contributed by atoms with Crippen LogP contribution >= 0.6 is 0 Å². The molecule has 5 aromatic rings. The summed E-state index contributed by atoms with van der Waals surface area (Å²) in [6.07, 6.45) is 1.74. The molecular formula is C38H42FN5O3S. The molecule has 4 aromatic carbocycles. The first kappa shape index (κ1) is 33.4. The molecule has 250 valence electrons. The van der Waals surface area contributed by atoms with Crippen molar-refractivity contribution in [3.8, 4) is 0 Å². The molecular weight excluding hydrogens is 626 g/mol. The number of hydrogen-bond donors (Lipinski definition) is 0. The highest BCUT2D eigenvalue weighted by molar-refractivity contribution is 7.91. The number of carbonyl (C=O) groups excluding carboxylic acids is 1. The number of amides is 1. The van der Waals surface area contributed by atoms with Crippen molar-refractivity contribution in [3.63, 3.8) is 0 Å². The molecule has 1 fully saturated rings. The van der Waals surface area contributed by atoms with Crippen molar-refractivity contribution in [2.45, 2.75) is 30.2 Å². The first-order valence-electron chi connectivity index (χ1n) is 16.5. The van der Waals surface area contributed by atoms with Crippen molar-refractivity contribution in [2.75, 3.05) is 57.0 Å². The van der Waals surface area contributed by atoms with Crippen LogP contribution in [0.1, 0.15) is 34.7 Å². The molecule has 0 saturated carbocycles. The van der Waals surface area contributed by atoms with Gasteiger partial charge in [0.25, 0.3) is 5.91 Å². The molecule has 10 heteroatoms. The molecule has 1 saturated heterocycles. The molecule has 6 rings (SSSR count). The van der Waals surface area contributed by atoms with Gasteiger partial charge in [-0.2, -0.15) is 0 Å². The van der Waals surface area contributed by atoms with E-state index in [1.54, 1.807) is 29.2 Å². The van der Waals surface area contributed by atoms with Crippen molar-refractivity contribution in [3.05, 3.63) is 126 Å². The van der Waals surface area contributed by atoms with E-state index in [0.717, 1.165) is 68.1 Å². The number of aromatic nitrogens is 2. The summed E-state index contributed by atoms with van der Waals surface area (Å²) in [6.45, 7) is 4.95. The van der Waals surface area contributed by atoms with Crippen LogP contribution in [0.5, 0.6) is 0 Å². The van der Waals surface area contributed by atoms with Crippen molar-refractivity contribution >= 4 is 32.7 Å². The molecule has 1 unspecified atom stereocenters. The van der Waals surface area contributed by atoms with Gasteiger partial charge >= 0.3 is 0 Å². The first-order chi connectivity index (χ1) is 23.3. The molecule has 1 atom stereocenters. The molecule has 8 nitrogen and oxygen atoms in total. The smallest absolute Gasteiger partial charge is 0.253 e. The van der Waals surface area contributed by atoms with Crippen LogP contribution in [-0.2, 0) is 16.4 Å². The van der Waals surface area contributed by atoms with E-state index < -0.39 is 9.84 Å². The van der Waals surface area contributed by atoms with Gasteiger partial charge in [-0.3, -0.25) is 4.79 Å². The monoisotopic (exact) mass is 667 g/mol. The average molecular weight is 668 g/mol. The number of aryl methyl sites for hydroxylation is 1. The topological polar surface area (TPSA) is 78.8 Å². The summed E-state index contributed by atoms with van der Waals surface area (Å²) in [4.78, 5) is 25.0. The van der Waals surface area contributed by atoms with Gasteiger partial charge in [0.05, 0.1) is 21.7 Å². The second kappa shape index (κ2) is 15.1. The van der Waals surface area contributed by atoms with Gasteiger partial charge in [-0.15, -0.1) is 0 Å². The lowest BCUT2D eigenvalue weighted by atomic mass is 9.94. The van der Waals surface area contributed by atoms with Gasteiger partial charge in [0.1, 0.15) is 5.82 Å². The van der Waals surface area contributed by atoms with Gasteiger partial charge in [-0.05, 0) is 80.0 Å². The van der Waals surface area contributed by atoms with Gasteiger partial charge in [0.15, 0.2) is 9.84 Å². The van der Waals surface area contributed by atoms with E-state index in [4.69, 9.17) is 4.98 Å². The Morgan fingerprint density at radius 3 is 2.27 bits per heavy atom. The molecule has 1 aliphatic rings. The number of nitrogens with zero attached hydrogens (tertiary/aromatic N) is 5. The number of hydrogen-bond acceptors (Lipinski definition) is 6. The zero-order valence-corrected chi connectivity index (χ0v) is 28.1. The third-order valence-electron chi connectivity index (χ3n) is 9.19. The number of para-hydroxylation sites is 2. The highest BCUT2D eigenvalue weighted by atomic mass is 32.2. The van der Waals surface area contributed by atoms with Crippen molar-refractivity contribution in [1.82, 2.24) is 19.4 Å². The normalized spacial score (nSPS) is 14.9. The molecule has 0 aliphatic carbocycles. The number of rotatable bonds is 12. The molecule has 0 N–H and O–H groups in total. The molecule has 48 heavy (non-hydrogen) atoms.